The third-order valence-electron chi connectivity index (χ3n) is 2.43. The van der Waals surface area contributed by atoms with E-state index in [0.29, 0.717) is 0 Å². The Morgan fingerprint density at radius 3 is 2.86 bits per heavy atom. The van der Waals surface area contributed by atoms with Gasteiger partial charge in [-0.25, -0.2) is 0 Å². The van der Waals surface area contributed by atoms with E-state index >= 15 is 0 Å². The Bertz CT molecular complexity index is 304. The van der Waals surface area contributed by atoms with E-state index in [1.54, 1.807) is 17.1 Å². The third-order valence-corrected chi connectivity index (χ3v) is 2.43. The van der Waals surface area contributed by atoms with Crippen molar-refractivity contribution in [1.29, 1.82) is 0 Å². The van der Waals surface area contributed by atoms with Crippen molar-refractivity contribution in [3.05, 3.63) is 18.0 Å². The van der Waals surface area contributed by atoms with E-state index in [1.807, 2.05) is 14.0 Å². The zero-order valence-corrected chi connectivity index (χ0v) is 9.16. The van der Waals surface area contributed by atoms with Crippen molar-refractivity contribution in [1.82, 2.24) is 9.78 Å². The van der Waals surface area contributed by atoms with Crippen molar-refractivity contribution in [2.24, 2.45) is 13.0 Å². The van der Waals surface area contributed by atoms with Crippen LogP contribution in [0.5, 0.6) is 0 Å². The molecule has 0 bridgehead atoms. The Kier molecular flexibility index (Phi) is 3.86. The maximum absolute atomic E-state index is 11.8. The summed E-state index contributed by atoms with van der Waals surface area (Å²) in [5.74, 6) is 0.339. The lowest BCUT2D eigenvalue weighted by molar-refractivity contribution is 0.0922. The van der Waals surface area contributed by atoms with Crippen molar-refractivity contribution < 1.29 is 4.79 Å². The van der Waals surface area contributed by atoms with Crippen LogP contribution in [0, 0.1) is 5.92 Å². The number of hydrogen-bond acceptors (Lipinski definition) is 2. The molecule has 0 saturated heterocycles. The molecule has 0 aliphatic heterocycles. The van der Waals surface area contributed by atoms with Gasteiger partial charge in [-0.3, -0.25) is 9.48 Å². The normalized spacial score (nSPS) is 12.8. The van der Waals surface area contributed by atoms with E-state index < -0.39 is 0 Å². The summed E-state index contributed by atoms with van der Waals surface area (Å²) in [6.45, 7) is 4.13. The minimum atomic E-state index is 0.124. The smallest absolute Gasteiger partial charge is 0.168 e. The minimum absolute atomic E-state index is 0.124. The molecular weight excluding hydrogens is 176 g/mol. The van der Waals surface area contributed by atoms with E-state index in [4.69, 9.17) is 0 Å². The molecule has 78 valence electrons. The minimum Gasteiger partial charge on any atom is -0.294 e. The highest BCUT2D eigenvalue weighted by Crippen LogP contribution is 2.14. The van der Waals surface area contributed by atoms with E-state index in [-0.39, 0.29) is 11.7 Å². The second-order valence-electron chi connectivity index (χ2n) is 3.81. The number of unbranched alkanes of at least 4 members (excludes halogenated alkanes) is 1. The van der Waals surface area contributed by atoms with Crippen LogP contribution >= 0.6 is 0 Å². The number of hydrogen-bond donors (Lipinski definition) is 0. The first-order valence-electron chi connectivity index (χ1n) is 5.18. The summed E-state index contributed by atoms with van der Waals surface area (Å²) in [5, 5.41) is 4.00. The molecule has 1 unspecified atom stereocenters. The molecule has 0 N–H and O–H groups in total. The molecule has 0 amide bonds. The monoisotopic (exact) mass is 194 g/mol. The number of Topliss-reactive ketones (excluding diaryl/α,β-unsaturated/α-hetero) is 1. The largest absolute Gasteiger partial charge is 0.294 e. The molecule has 1 atom stereocenters. The van der Waals surface area contributed by atoms with Crippen LogP contribution in [0.4, 0.5) is 0 Å². The lowest BCUT2D eigenvalue weighted by Gasteiger charge is -2.07. The van der Waals surface area contributed by atoms with Gasteiger partial charge in [-0.1, -0.05) is 26.7 Å². The topological polar surface area (TPSA) is 34.9 Å². The van der Waals surface area contributed by atoms with Gasteiger partial charge in [0.25, 0.3) is 0 Å². The first kappa shape index (κ1) is 11.0. The highest BCUT2D eigenvalue weighted by Gasteiger charge is 2.15. The van der Waals surface area contributed by atoms with Crippen LogP contribution in [0.2, 0.25) is 0 Å². The molecule has 0 aromatic carbocycles. The molecular formula is C11H18N2O. The van der Waals surface area contributed by atoms with Gasteiger partial charge in [0.1, 0.15) is 0 Å². The van der Waals surface area contributed by atoms with Gasteiger partial charge in [-0.2, -0.15) is 5.10 Å². The molecule has 14 heavy (non-hydrogen) atoms. The molecule has 3 heteroatoms. The fourth-order valence-electron chi connectivity index (χ4n) is 1.47. The number of aryl methyl sites for hydroxylation is 1. The van der Waals surface area contributed by atoms with Gasteiger partial charge in [0.15, 0.2) is 5.78 Å². The highest BCUT2D eigenvalue weighted by atomic mass is 16.1. The number of carbonyl (C=O) groups is 1. The molecule has 1 heterocycles. The van der Waals surface area contributed by atoms with Crippen molar-refractivity contribution in [2.45, 2.75) is 33.1 Å². The number of carbonyl (C=O) groups excluding carboxylic acids is 1. The van der Waals surface area contributed by atoms with Crippen molar-refractivity contribution in [3.63, 3.8) is 0 Å². The predicted molar refractivity (Wildman–Crippen MR) is 56.2 cm³/mol. The first-order chi connectivity index (χ1) is 6.65. The number of ketones is 1. The molecule has 0 aliphatic carbocycles. The van der Waals surface area contributed by atoms with Gasteiger partial charge in [-0.15, -0.1) is 0 Å². The Hall–Kier alpha value is -1.12. The summed E-state index contributed by atoms with van der Waals surface area (Å²) < 4.78 is 1.67. The Balaban J connectivity index is 2.56. The second-order valence-corrected chi connectivity index (χ2v) is 3.81. The van der Waals surface area contributed by atoms with Gasteiger partial charge in [0.2, 0.25) is 0 Å². The average Bonchev–Trinajstić information content (AvgIpc) is 2.60. The average molecular weight is 194 g/mol. The molecule has 1 aromatic rings. The van der Waals surface area contributed by atoms with Gasteiger partial charge < -0.3 is 0 Å². The van der Waals surface area contributed by atoms with E-state index in [9.17, 15) is 4.79 Å². The van der Waals surface area contributed by atoms with Crippen LogP contribution in [0.3, 0.4) is 0 Å². The fraction of sp³-hybridized carbons (Fsp3) is 0.636. The number of nitrogens with zero attached hydrogens (tertiary/aromatic N) is 2. The number of aromatic nitrogens is 2. The van der Waals surface area contributed by atoms with Crippen molar-refractivity contribution in [2.75, 3.05) is 0 Å². The van der Waals surface area contributed by atoms with Crippen LogP contribution in [0.25, 0.3) is 0 Å². The van der Waals surface area contributed by atoms with Gasteiger partial charge >= 0.3 is 0 Å². The molecule has 0 radical (unpaired) electrons. The van der Waals surface area contributed by atoms with Crippen molar-refractivity contribution >= 4 is 5.78 Å². The summed E-state index contributed by atoms with van der Waals surface area (Å²) in [7, 11) is 1.83. The molecule has 1 aromatic heterocycles. The van der Waals surface area contributed by atoms with Crippen LogP contribution < -0.4 is 0 Å². The van der Waals surface area contributed by atoms with Gasteiger partial charge in [-0.05, 0) is 6.42 Å². The molecule has 0 spiro atoms. The van der Waals surface area contributed by atoms with Crippen molar-refractivity contribution in [3.8, 4) is 0 Å². The molecule has 0 saturated carbocycles. The summed E-state index contributed by atoms with van der Waals surface area (Å²) in [4.78, 5) is 11.8. The van der Waals surface area contributed by atoms with E-state index in [1.165, 1.54) is 0 Å². The number of rotatable bonds is 5. The standard InChI is InChI=1S/C11H18N2O/c1-4-5-6-9(2)11(14)10-7-12-13(3)8-10/h7-9H,4-6H2,1-3H3. The van der Waals surface area contributed by atoms with E-state index in [0.717, 1.165) is 24.8 Å². The maximum Gasteiger partial charge on any atom is 0.168 e. The molecule has 1 rings (SSSR count). The predicted octanol–water partition coefficient (Wildman–Crippen LogP) is 2.43. The SMILES string of the molecule is CCCCC(C)C(=O)c1cnn(C)c1. The van der Waals surface area contributed by atoms with Crippen LogP contribution in [0.15, 0.2) is 12.4 Å². The zero-order chi connectivity index (χ0) is 10.6. The Labute approximate surface area is 85.1 Å². The summed E-state index contributed by atoms with van der Waals surface area (Å²) in [6, 6.07) is 0. The maximum atomic E-state index is 11.8. The molecule has 3 nitrogen and oxygen atoms in total. The molecule has 0 aliphatic rings. The zero-order valence-electron chi connectivity index (χ0n) is 9.16. The fourth-order valence-corrected chi connectivity index (χ4v) is 1.47. The highest BCUT2D eigenvalue weighted by molar-refractivity contribution is 5.97. The summed E-state index contributed by atoms with van der Waals surface area (Å²) >= 11 is 0. The summed E-state index contributed by atoms with van der Waals surface area (Å²) in [5.41, 5.74) is 0.733. The first-order valence-corrected chi connectivity index (χ1v) is 5.18. The van der Waals surface area contributed by atoms with E-state index in [2.05, 4.69) is 12.0 Å². The van der Waals surface area contributed by atoms with Gasteiger partial charge in [0.05, 0.1) is 11.8 Å². The Morgan fingerprint density at radius 1 is 1.64 bits per heavy atom. The Morgan fingerprint density at radius 2 is 2.36 bits per heavy atom. The quantitative estimate of drug-likeness (QED) is 0.675. The lowest BCUT2D eigenvalue weighted by atomic mass is 9.96. The third kappa shape index (κ3) is 2.69. The van der Waals surface area contributed by atoms with Crippen LogP contribution in [0.1, 0.15) is 43.5 Å². The molecule has 0 fully saturated rings. The van der Waals surface area contributed by atoms with Crippen LogP contribution in [-0.4, -0.2) is 15.6 Å². The summed E-state index contributed by atoms with van der Waals surface area (Å²) in [6.07, 6.45) is 6.66. The second kappa shape index (κ2) is 4.94. The van der Waals surface area contributed by atoms with Gasteiger partial charge in [0, 0.05) is 19.2 Å². The van der Waals surface area contributed by atoms with Crippen LogP contribution in [-0.2, 0) is 7.05 Å². The lowest BCUT2D eigenvalue weighted by Crippen LogP contribution is -2.10.